The average Bonchev–Trinajstić information content (AvgIpc) is 2.63. The van der Waals surface area contributed by atoms with Gasteiger partial charge in [-0.3, -0.25) is 4.99 Å². The lowest BCUT2D eigenvalue weighted by atomic mass is 9.71. The fourth-order valence-electron chi connectivity index (χ4n) is 6.16. The molecule has 5 atom stereocenters. The number of aliphatic imine (C=N–C) groups is 1. The van der Waals surface area contributed by atoms with Crippen LogP contribution in [0.2, 0.25) is 0 Å². The lowest BCUT2D eigenvalue weighted by Gasteiger charge is -2.39. The first kappa shape index (κ1) is 25.5. The van der Waals surface area contributed by atoms with Gasteiger partial charge in [0.2, 0.25) is 5.71 Å². The second-order valence-corrected chi connectivity index (χ2v) is 12.2. The van der Waals surface area contributed by atoms with E-state index in [-0.39, 0.29) is 34.5 Å². The van der Waals surface area contributed by atoms with E-state index in [4.69, 9.17) is 9.47 Å². The van der Waals surface area contributed by atoms with Gasteiger partial charge in [0.25, 0.3) is 0 Å². The van der Waals surface area contributed by atoms with E-state index in [0.717, 1.165) is 38.5 Å². The van der Waals surface area contributed by atoms with Crippen LogP contribution in [0.1, 0.15) is 86.5 Å². The summed E-state index contributed by atoms with van der Waals surface area (Å²) in [6.07, 6.45) is 10.0. The van der Waals surface area contributed by atoms with Crippen LogP contribution in [-0.4, -0.2) is 41.0 Å². The van der Waals surface area contributed by atoms with Gasteiger partial charge >= 0.3 is 11.9 Å². The van der Waals surface area contributed by atoms with Crippen LogP contribution in [-0.2, 0) is 19.1 Å². The van der Waals surface area contributed by atoms with Crippen molar-refractivity contribution in [3.8, 4) is 0 Å². The lowest BCUT2D eigenvalue weighted by molar-refractivity contribution is -0.150. The number of hydrogen-bond acceptors (Lipinski definition) is 6. The topological polar surface area (TPSA) is 85.2 Å². The maximum Gasteiger partial charge on any atom is 0.364 e. The summed E-state index contributed by atoms with van der Waals surface area (Å²) < 4.78 is 11.7. The van der Waals surface area contributed by atoms with Gasteiger partial charge in [0.05, 0.1) is 6.04 Å². The first-order chi connectivity index (χ1) is 15.3. The van der Waals surface area contributed by atoms with Gasteiger partial charge < -0.3 is 14.6 Å². The number of carbonyl (C=O) groups excluding carboxylic acids is 2. The third-order valence-corrected chi connectivity index (χ3v) is 6.98. The Morgan fingerprint density at radius 1 is 0.909 bits per heavy atom. The molecule has 2 saturated carbocycles. The van der Waals surface area contributed by atoms with Gasteiger partial charge in [-0.15, -0.1) is 0 Å². The molecule has 2 fully saturated rings. The molecular weight excluding hydrogens is 418 g/mol. The molecule has 1 N–H and O–H groups in total. The molecule has 33 heavy (non-hydrogen) atoms. The Morgan fingerprint density at radius 3 is 1.79 bits per heavy atom. The van der Waals surface area contributed by atoms with Gasteiger partial charge in [0, 0.05) is 0 Å². The van der Waals surface area contributed by atoms with Gasteiger partial charge in [0.15, 0.2) is 0 Å². The standard InChI is InChI=1S/C27H41NO5/c1-17-11-21(15-26(3,4)13-17)32-24(30)23(28-19-7-9-20(29)10-8-19)25(31)33-22-12-18(2)14-27(5,6)16-22/h7,9-10,17-19,21-22,29H,8,11-16H2,1-6H3. The largest absolute Gasteiger partial charge is 0.508 e. The molecule has 184 valence electrons. The summed E-state index contributed by atoms with van der Waals surface area (Å²) in [5.74, 6) is -0.362. The molecule has 0 radical (unpaired) electrons. The molecule has 0 aromatic rings. The van der Waals surface area contributed by atoms with Crippen LogP contribution in [0.5, 0.6) is 0 Å². The minimum absolute atomic E-state index is 0.0820. The summed E-state index contributed by atoms with van der Waals surface area (Å²) in [5.41, 5.74) is -0.108. The number of hydrogen-bond donors (Lipinski definition) is 1. The number of nitrogens with zero attached hydrogens (tertiary/aromatic N) is 1. The SMILES string of the molecule is CC1CC(OC(=O)C(=NC2C=CC(O)=CC2)C(=O)OC2CC(C)CC(C)(C)C2)CC(C)(C)C1. The minimum atomic E-state index is -0.704. The Labute approximate surface area is 198 Å². The number of allylic oxidation sites excluding steroid dienone is 1. The molecule has 0 aromatic carbocycles. The van der Waals surface area contributed by atoms with E-state index in [9.17, 15) is 14.7 Å². The minimum Gasteiger partial charge on any atom is -0.508 e. The third kappa shape index (κ3) is 7.44. The van der Waals surface area contributed by atoms with Gasteiger partial charge in [-0.2, -0.15) is 0 Å². The van der Waals surface area contributed by atoms with Crippen molar-refractivity contribution in [3.05, 3.63) is 24.0 Å². The van der Waals surface area contributed by atoms with E-state index >= 15 is 0 Å². The normalized spacial score (nSPS) is 32.9. The Kier molecular flexibility index (Phi) is 7.75. The Morgan fingerprint density at radius 2 is 1.39 bits per heavy atom. The molecule has 3 aliphatic carbocycles. The van der Waals surface area contributed by atoms with Crippen LogP contribution in [0.4, 0.5) is 0 Å². The van der Waals surface area contributed by atoms with Crippen molar-refractivity contribution >= 4 is 17.7 Å². The van der Waals surface area contributed by atoms with Gasteiger partial charge in [-0.1, -0.05) is 47.6 Å². The lowest BCUT2D eigenvalue weighted by Crippen LogP contribution is -2.40. The van der Waals surface area contributed by atoms with E-state index in [2.05, 4.69) is 46.5 Å². The highest BCUT2D eigenvalue weighted by Gasteiger charge is 2.38. The molecule has 6 heteroatoms. The van der Waals surface area contributed by atoms with E-state index in [1.54, 1.807) is 12.2 Å². The van der Waals surface area contributed by atoms with Crippen LogP contribution in [0, 0.1) is 22.7 Å². The summed E-state index contributed by atoms with van der Waals surface area (Å²) in [6.45, 7) is 13.1. The molecule has 0 amide bonds. The molecule has 0 spiro atoms. The fourth-order valence-corrected chi connectivity index (χ4v) is 6.16. The number of ether oxygens (including phenoxy) is 2. The predicted octanol–water partition coefficient (Wildman–Crippen LogP) is 5.71. The van der Waals surface area contributed by atoms with Gasteiger partial charge in [-0.05, 0) is 79.8 Å². The number of carbonyl (C=O) groups is 2. The second-order valence-electron chi connectivity index (χ2n) is 12.2. The van der Waals surface area contributed by atoms with Crippen LogP contribution >= 0.6 is 0 Å². The summed E-state index contributed by atoms with van der Waals surface area (Å²) >= 11 is 0. The first-order valence-electron chi connectivity index (χ1n) is 12.4. The van der Waals surface area contributed by atoms with E-state index in [1.165, 1.54) is 6.08 Å². The molecule has 3 rings (SSSR count). The molecule has 0 aliphatic heterocycles. The molecule has 6 nitrogen and oxygen atoms in total. The fraction of sp³-hybridized carbons (Fsp3) is 0.741. The van der Waals surface area contributed by atoms with E-state index in [0.29, 0.717) is 18.3 Å². The van der Waals surface area contributed by atoms with E-state index < -0.39 is 18.0 Å². The maximum absolute atomic E-state index is 13.2. The Hall–Kier alpha value is -2.11. The van der Waals surface area contributed by atoms with Crippen molar-refractivity contribution in [2.75, 3.05) is 0 Å². The van der Waals surface area contributed by atoms with Crippen LogP contribution in [0.25, 0.3) is 0 Å². The maximum atomic E-state index is 13.2. The monoisotopic (exact) mass is 459 g/mol. The Balaban J connectivity index is 1.76. The van der Waals surface area contributed by atoms with Crippen molar-refractivity contribution in [1.82, 2.24) is 0 Å². The van der Waals surface area contributed by atoms with Crippen LogP contribution in [0.3, 0.4) is 0 Å². The highest BCUT2D eigenvalue weighted by Crippen LogP contribution is 2.41. The quantitative estimate of drug-likeness (QED) is 0.323. The molecular formula is C27H41NO5. The highest BCUT2D eigenvalue weighted by molar-refractivity contribution is 6.62. The van der Waals surface area contributed by atoms with Crippen LogP contribution < -0.4 is 0 Å². The van der Waals surface area contributed by atoms with Crippen molar-refractivity contribution in [2.45, 2.75) is 105 Å². The van der Waals surface area contributed by atoms with Gasteiger partial charge in [0.1, 0.15) is 18.0 Å². The second kappa shape index (κ2) is 10.0. The van der Waals surface area contributed by atoms with Crippen molar-refractivity contribution < 1.29 is 24.2 Å². The summed E-state index contributed by atoms with van der Waals surface area (Å²) in [5, 5.41) is 9.60. The van der Waals surface area contributed by atoms with E-state index in [1.807, 2.05) is 0 Å². The zero-order chi connectivity index (χ0) is 24.4. The molecule has 5 unspecified atom stereocenters. The number of aliphatic hydroxyl groups is 1. The summed E-state index contributed by atoms with van der Waals surface area (Å²) in [7, 11) is 0. The van der Waals surface area contributed by atoms with Crippen molar-refractivity contribution in [1.29, 1.82) is 0 Å². The number of aliphatic hydroxyl groups excluding tert-OH is 1. The zero-order valence-electron chi connectivity index (χ0n) is 21.1. The average molecular weight is 460 g/mol. The molecule has 0 bridgehead atoms. The predicted molar refractivity (Wildman–Crippen MR) is 129 cm³/mol. The number of rotatable bonds is 5. The first-order valence-corrected chi connectivity index (χ1v) is 12.4. The third-order valence-electron chi connectivity index (χ3n) is 6.98. The summed E-state index contributed by atoms with van der Waals surface area (Å²) in [4.78, 5) is 30.8. The molecule has 0 saturated heterocycles. The molecule has 0 heterocycles. The van der Waals surface area contributed by atoms with Crippen molar-refractivity contribution in [3.63, 3.8) is 0 Å². The molecule has 0 aromatic heterocycles. The van der Waals surface area contributed by atoms with Gasteiger partial charge in [-0.25, -0.2) is 9.59 Å². The van der Waals surface area contributed by atoms with Crippen molar-refractivity contribution in [2.24, 2.45) is 27.7 Å². The number of esters is 2. The molecule has 3 aliphatic rings. The Bertz CT molecular complexity index is 789. The smallest absolute Gasteiger partial charge is 0.364 e. The summed E-state index contributed by atoms with van der Waals surface area (Å²) in [6, 6.07) is -0.417. The zero-order valence-corrected chi connectivity index (χ0v) is 21.1. The highest BCUT2D eigenvalue weighted by atomic mass is 16.6. The van der Waals surface area contributed by atoms with Crippen LogP contribution in [0.15, 0.2) is 29.0 Å².